The molecule has 0 saturated heterocycles. The molecule has 0 bridgehead atoms. The van der Waals surface area contributed by atoms with Crippen molar-refractivity contribution in [1.82, 2.24) is 15.1 Å². The van der Waals surface area contributed by atoms with E-state index in [1.165, 1.54) is 0 Å². The lowest BCUT2D eigenvalue weighted by Crippen LogP contribution is -1.88. The highest BCUT2D eigenvalue weighted by molar-refractivity contribution is 5.51. The minimum absolute atomic E-state index is 0.500. The zero-order valence-electron chi connectivity index (χ0n) is 8.19. The molecule has 0 aliphatic rings. The molecule has 0 aliphatic heterocycles. The van der Waals surface area contributed by atoms with Crippen LogP contribution in [0.4, 0.5) is 0 Å². The molecular weight excluding hydrogens is 178 g/mol. The van der Waals surface area contributed by atoms with Gasteiger partial charge in [0.1, 0.15) is 5.69 Å². The molecule has 0 atom stereocenters. The SMILES string of the molecule is CCc1noc(-c2ncccc2C)n1. The van der Waals surface area contributed by atoms with Crippen LogP contribution in [0.15, 0.2) is 22.9 Å². The van der Waals surface area contributed by atoms with E-state index in [0.717, 1.165) is 17.7 Å². The van der Waals surface area contributed by atoms with Gasteiger partial charge in [0.25, 0.3) is 5.89 Å². The van der Waals surface area contributed by atoms with Gasteiger partial charge in [0.2, 0.25) is 0 Å². The average Bonchev–Trinajstić information content (AvgIpc) is 2.67. The van der Waals surface area contributed by atoms with Gasteiger partial charge in [-0.2, -0.15) is 4.98 Å². The van der Waals surface area contributed by atoms with E-state index in [-0.39, 0.29) is 0 Å². The zero-order chi connectivity index (χ0) is 9.97. The quantitative estimate of drug-likeness (QED) is 0.725. The summed E-state index contributed by atoms with van der Waals surface area (Å²) in [5, 5.41) is 3.83. The summed E-state index contributed by atoms with van der Waals surface area (Å²) < 4.78 is 5.10. The topological polar surface area (TPSA) is 51.8 Å². The molecule has 0 amide bonds. The Bertz CT molecular complexity index is 436. The average molecular weight is 189 g/mol. The second-order valence-corrected chi connectivity index (χ2v) is 3.04. The van der Waals surface area contributed by atoms with Gasteiger partial charge in [0.05, 0.1) is 0 Å². The number of nitrogens with zero attached hydrogens (tertiary/aromatic N) is 3. The monoisotopic (exact) mass is 189 g/mol. The first-order valence-electron chi connectivity index (χ1n) is 4.56. The van der Waals surface area contributed by atoms with Gasteiger partial charge in [0, 0.05) is 12.6 Å². The molecule has 4 nitrogen and oxygen atoms in total. The molecule has 2 rings (SSSR count). The maximum Gasteiger partial charge on any atom is 0.276 e. The molecule has 0 saturated carbocycles. The van der Waals surface area contributed by atoms with Crippen LogP contribution < -0.4 is 0 Å². The van der Waals surface area contributed by atoms with Gasteiger partial charge in [-0.3, -0.25) is 4.98 Å². The van der Waals surface area contributed by atoms with Crippen LogP contribution in [0.25, 0.3) is 11.6 Å². The van der Waals surface area contributed by atoms with E-state index < -0.39 is 0 Å². The lowest BCUT2D eigenvalue weighted by atomic mass is 10.2. The minimum atomic E-state index is 0.500. The van der Waals surface area contributed by atoms with Crippen LogP contribution in [0.3, 0.4) is 0 Å². The first-order chi connectivity index (χ1) is 6.81. The summed E-state index contributed by atoms with van der Waals surface area (Å²) in [7, 11) is 0. The largest absolute Gasteiger partial charge is 0.332 e. The zero-order valence-corrected chi connectivity index (χ0v) is 8.19. The number of rotatable bonds is 2. The van der Waals surface area contributed by atoms with Gasteiger partial charge in [-0.25, -0.2) is 0 Å². The molecule has 0 radical (unpaired) electrons. The predicted octanol–water partition coefficient (Wildman–Crippen LogP) is 2.00. The Labute approximate surface area is 82.0 Å². The minimum Gasteiger partial charge on any atom is -0.332 e. The van der Waals surface area contributed by atoms with Crippen LogP contribution in [0, 0.1) is 6.92 Å². The first kappa shape index (κ1) is 8.87. The molecule has 0 aliphatic carbocycles. The third-order valence-corrected chi connectivity index (χ3v) is 2.00. The van der Waals surface area contributed by atoms with Gasteiger partial charge in [-0.15, -0.1) is 0 Å². The molecule has 0 spiro atoms. The molecule has 72 valence electrons. The Morgan fingerprint density at radius 2 is 2.29 bits per heavy atom. The highest BCUT2D eigenvalue weighted by Crippen LogP contribution is 2.17. The van der Waals surface area contributed by atoms with E-state index in [0.29, 0.717) is 11.7 Å². The van der Waals surface area contributed by atoms with Crippen LogP contribution in [0.2, 0.25) is 0 Å². The standard InChI is InChI=1S/C10H11N3O/c1-3-8-12-10(14-13-8)9-7(2)5-4-6-11-9/h4-6H,3H2,1-2H3. The van der Waals surface area contributed by atoms with Crippen molar-refractivity contribution in [3.05, 3.63) is 29.7 Å². The fourth-order valence-corrected chi connectivity index (χ4v) is 1.20. The summed E-state index contributed by atoms with van der Waals surface area (Å²) in [5.41, 5.74) is 1.80. The van der Waals surface area contributed by atoms with Gasteiger partial charge >= 0.3 is 0 Å². The number of aryl methyl sites for hydroxylation is 2. The maximum atomic E-state index is 5.10. The third kappa shape index (κ3) is 1.51. The van der Waals surface area contributed by atoms with E-state index >= 15 is 0 Å². The van der Waals surface area contributed by atoms with E-state index in [4.69, 9.17) is 4.52 Å². The molecular formula is C10H11N3O. The Kier molecular flexibility index (Phi) is 2.26. The van der Waals surface area contributed by atoms with E-state index in [9.17, 15) is 0 Å². The van der Waals surface area contributed by atoms with Crippen LogP contribution >= 0.6 is 0 Å². The number of hydrogen-bond acceptors (Lipinski definition) is 4. The van der Waals surface area contributed by atoms with Crippen molar-refractivity contribution in [1.29, 1.82) is 0 Å². The molecule has 2 aromatic heterocycles. The molecule has 14 heavy (non-hydrogen) atoms. The highest BCUT2D eigenvalue weighted by atomic mass is 16.5. The van der Waals surface area contributed by atoms with Gasteiger partial charge in [-0.1, -0.05) is 18.1 Å². The molecule has 0 unspecified atom stereocenters. The molecule has 0 aromatic carbocycles. The van der Waals surface area contributed by atoms with Crippen LogP contribution in [-0.4, -0.2) is 15.1 Å². The predicted molar refractivity (Wildman–Crippen MR) is 51.6 cm³/mol. The molecule has 0 N–H and O–H groups in total. The summed E-state index contributed by atoms with van der Waals surface area (Å²) >= 11 is 0. The fourth-order valence-electron chi connectivity index (χ4n) is 1.20. The Balaban J connectivity index is 2.44. The van der Waals surface area contributed by atoms with Crippen molar-refractivity contribution in [3.8, 4) is 11.6 Å². The van der Waals surface area contributed by atoms with Gasteiger partial charge in [0.15, 0.2) is 5.82 Å². The molecule has 4 heteroatoms. The Morgan fingerprint density at radius 3 is 2.93 bits per heavy atom. The lowest BCUT2D eigenvalue weighted by molar-refractivity contribution is 0.422. The van der Waals surface area contributed by atoms with Crippen LogP contribution in [-0.2, 0) is 6.42 Å². The molecule has 2 heterocycles. The van der Waals surface area contributed by atoms with Crippen LogP contribution in [0.1, 0.15) is 18.3 Å². The number of aromatic nitrogens is 3. The normalized spacial score (nSPS) is 10.4. The second-order valence-electron chi connectivity index (χ2n) is 3.04. The second kappa shape index (κ2) is 3.57. The lowest BCUT2D eigenvalue weighted by Gasteiger charge is -1.96. The van der Waals surface area contributed by atoms with Crippen molar-refractivity contribution in [2.45, 2.75) is 20.3 Å². The van der Waals surface area contributed by atoms with Crippen molar-refractivity contribution in [2.75, 3.05) is 0 Å². The fraction of sp³-hybridized carbons (Fsp3) is 0.300. The van der Waals surface area contributed by atoms with E-state index in [1.54, 1.807) is 6.20 Å². The molecule has 2 aromatic rings. The maximum absolute atomic E-state index is 5.10. The summed E-state index contributed by atoms with van der Waals surface area (Å²) in [4.78, 5) is 8.42. The first-order valence-corrected chi connectivity index (χ1v) is 4.56. The van der Waals surface area contributed by atoms with Crippen molar-refractivity contribution >= 4 is 0 Å². The summed E-state index contributed by atoms with van der Waals surface area (Å²) in [6.45, 7) is 3.96. The summed E-state index contributed by atoms with van der Waals surface area (Å²) in [5.74, 6) is 1.21. The smallest absolute Gasteiger partial charge is 0.276 e. The third-order valence-electron chi connectivity index (χ3n) is 2.00. The van der Waals surface area contributed by atoms with Crippen molar-refractivity contribution in [2.24, 2.45) is 0 Å². The van der Waals surface area contributed by atoms with E-state index in [2.05, 4.69) is 15.1 Å². The van der Waals surface area contributed by atoms with Crippen LogP contribution in [0.5, 0.6) is 0 Å². The number of pyridine rings is 1. The molecule has 0 fully saturated rings. The Morgan fingerprint density at radius 1 is 1.43 bits per heavy atom. The summed E-state index contributed by atoms with van der Waals surface area (Å²) in [6, 6.07) is 3.86. The van der Waals surface area contributed by atoms with E-state index in [1.807, 2.05) is 26.0 Å². The van der Waals surface area contributed by atoms with Gasteiger partial charge < -0.3 is 4.52 Å². The Hall–Kier alpha value is -1.71. The summed E-state index contributed by atoms with van der Waals surface area (Å²) in [6.07, 6.45) is 2.49. The highest BCUT2D eigenvalue weighted by Gasteiger charge is 2.10. The van der Waals surface area contributed by atoms with Crippen molar-refractivity contribution in [3.63, 3.8) is 0 Å². The number of hydrogen-bond donors (Lipinski definition) is 0. The van der Waals surface area contributed by atoms with Gasteiger partial charge in [-0.05, 0) is 18.6 Å². The van der Waals surface area contributed by atoms with Crippen molar-refractivity contribution < 1.29 is 4.52 Å².